The molecule has 0 spiro atoms. The van der Waals surface area contributed by atoms with E-state index >= 15 is 0 Å². The number of thiazole rings is 1. The van der Waals surface area contributed by atoms with Gasteiger partial charge in [0.2, 0.25) is 0 Å². The highest BCUT2D eigenvalue weighted by atomic mass is 79.9. The van der Waals surface area contributed by atoms with E-state index in [2.05, 4.69) is 36.8 Å². The molecule has 0 radical (unpaired) electrons. The third-order valence-corrected chi connectivity index (χ3v) is 5.13. The van der Waals surface area contributed by atoms with Crippen LogP contribution in [0.4, 0.5) is 0 Å². The summed E-state index contributed by atoms with van der Waals surface area (Å²) in [6.07, 6.45) is 0. The highest BCUT2D eigenvalue weighted by Crippen LogP contribution is 2.39. The summed E-state index contributed by atoms with van der Waals surface area (Å²) < 4.78 is 1.52. The van der Waals surface area contributed by atoms with Crippen molar-refractivity contribution in [3.63, 3.8) is 0 Å². The second-order valence-electron chi connectivity index (χ2n) is 3.67. The molecule has 1 unspecified atom stereocenters. The van der Waals surface area contributed by atoms with Crippen molar-refractivity contribution in [2.24, 2.45) is 0 Å². The van der Waals surface area contributed by atoms with Gasteiger partial charge in [0.1, 0.15) is 10.2 Å². The zero-order chi connectivity index (χ0) is 12.6. The molecule has 1 aromatic carbocycles. The molecule has 0 amide bonds. The molecule has 1 heterocycles. The van der Waals surface area contributed by atoms with Gasteiger partial charge in [-0.25, -0.2) is 4.98 Å². The maximum Gasteiger partial charge on any atom is 0.125 e. The van der Waals surface area contributed by atoms with Crippen LogP contribution in [0.3, 0.4) is 0 Å². The summed E-state index contributed by atoms with van der Waals surface area (Å²) in [6, 6.07) is 5.42. The summed E-state index contributed by atoms with van der Waals surface area (Å²) in [4.78, 5) is 4.82. The molecule has 0 fully saturated rings. The zero-order valence-electron chi connectivity index (χ0n) is 8.75. The molecule has 1 atom stereocenters. The second-order valence-corrected chi connectivity index (χ2v) is 6.60. The van der Waals surface area contributed by atoms with Crippen LogP contribution >= 0.6 is 54.8 Å². The lowest BCUT2D eigenvalue weighted by molar-refractivity contribution is 0.105. The first-order chi connectivity index (χ1) is 7.93. The van der Waals surface area contributed by atoms with Crippen LogP contribution in [0.5, 0.6) is 0 Å². The van der Waals surface area contributed by atoms with E-state index in [0.717, 1.165) is 9.35 Å². The van der Waals surface area contributed by atoms with Gasteiger partial charge in [0.05, 0.1) is 10.4 Å². The molecule has 6 heteroatoms. The Hall–Kier alpha value is 0.0600. The Balaban J connectivity index is 2.55. The van der Waals surface area contributed by atoms with Crippen LogP contribution in [-0.4, -0.2) is 10.1 Å². The van der Waals surface area contributed by atoms with Crippen LogP contribution in [0.15, 0.2) is 32.8 Å². The van der Waals surface area contributed by atoms with Crippen LogP contribution in [0.1, 0.15) is 17.4 Å². The molecule has 17 heavy (non-hydrogen) atoms. The van der Waals surface area contributed by atoms with Crippen molar-refractivity contribution in [2.45, 2.75) is 12.5 Å². The third kappa shape index (κ3) is 2.58. The van der Waals surface area contributed by atoms with Gasteiger partial charge < -0.3 is 5.11 Å². The molecule has 1 aromatic heterocycles. The molecule has 2 aromatic rings. The molecular weight excluding hydrogens is 389 g/mol. The Morgan fingerprint density at radius 3 is 2.65 bits per heavy atom. The second kappa shape index (κ2) is 4.97. The van der Waals surface area contributed by atoms with Crippen molar-refractivity contribution in [2.75, 3.05) is 0 Å². The lowest BCUT2D eigenvalue weighted by atomic mass is 9.95. The third-order valence-electron chi connectivity index (χ3n) is 2.42. The summed E-state index contributed by atoms with van der Waals surface area (Å²) in [6.45, 7) is 1.71. The van der Waals surface area contributed by atoms with Gasteiger partial charge in [-0.3, -0.25) is 0 Å². The van der Waals surface area contributed by atoms with Crippen LogP contribution in [0.25, 0.3) is 0 Å². The zero-order valence-corrected chi connectivity index (χ0v) is 13.5. The Bertz CT molecular complexity index is 556. The van der Waals surface area contributed by atoms with E-state index in [9.17, 15) is 5.11 Å². The fraction of sp³-hybridized carbons (Fsp3) is 0.182. The molecule has 0 aliphatic carbocycles. The summed E-state index contributed by atoms with van der Waals surface area (Å²) in [7, 11) is 0. The van der Waals surface area contributed by atoms with Gasteiger partial charge in [0.25, 0.3) is 0 Å². The maximum atomic E-state index is 10.6. The van der Waals surface area contributed by atoms with Crippen molar-refractivity contribution in [3.8, 4) is 0 Å². The molecule has 2 rings (SSSR count). The molecule has 0 aliphatic rings. The van der Waals surface area contributed by atoms with Crippen molar-refractivity contribution >= 4 is 54.8 Å². The summed E-state index contributed by atoms with van der Waals surface area (Å²) in [5.41, 5.74) is 1.19. The van der Waals surface area contributed by atoms with Crippen molar-refractivity contribution in [1.29, 1.82) is 0 Å². The van der Waals surface area contributed by atoms with Crippen LogP contribution < -0.4 is 0 Å². The molecule has 2 nitrogen and oxygen atoms in total. The van der Waals surface area contributed by atoms with Gasteiger partial charge >= 0.3 is 0 Å². The maximum absolute atomic E-state index is 10.6. The fourth-order valence-corrected chi connectivity index (χ4v) is 4.07. The van der Waals surface area contributed by atoms with Gasteiger partial charge in [0.15, 0.2) is 0 Å². The summed E-state index contributed by atoms with van der Waals surface area (Å²) in [5.74, 6) is 0. The van der Waals surface area contributed by atoms with E-state index in [4.69, 9.17) is 11.6 Å². The van der Waals surface area contributed by atoms with Crippen LogP contribution in [0.2, 0.25) is 5.02 Å². The van der Waals surface area contributed by atoms with Crippen LogP contribution in [-0.2, 0) is 5.60 Å². The summed E-state index contributed by atoms with van der Waals surface area (Å²) >= 11 is 14.2. The highest BCUT2D eigenvalue weighted by molar-refractivity contribution is 9.10. The van der Waals surface area contributed by atoms with Gasteiger partial charge in [-0.05, 0) is 35.0 Å². The monoisotopic (exact) mass is 395 g/mol. The fourth-order valence-electron chi connectivity index (χ4n) is 1.55. The van der Waals surface area contributed by atoms with Gasteiger partial charge in [-0.1, -0.05) is 33.6 Å². The minimum atomic E-state index is -1.15. The first kappa shape index (κ1) is 13.5. The number of hydrogen-bond acceptors (Lipinski definition) is 3. The topological polar surface area (TPSA) is 33.1 Å². The van der Waals surface area contributed by atoms with Crippen molar-refractivity contribution < 1.29 is 5.11 Å². The number of aliphatic hydroxyl groups is 1. The van der Waals surface area contributed by atoms with E-state index in [1.807, 2.05) is 6.07 Å². The SMILES string of the molecule is CC(O)(c1ccc(Br)cc1Cl)c1scnc1Br. The smallest absolute Gasteiger partial charge is 0.125 e. The number of hydrogen-bond donors (Lipinski definition) is 1. The average molecular weight is 398 g/mol. The lowest BCUT2D eigenvalue weighted by Crippen LogP contribution is -2.22. The molecule has 0 saturated carbocycles. The molecular formula is C11H8Br2ClNOS. The van der Waals surface area contributed by atoms with E-state index in [-0.39, 0.29) is 0 Å². The number of rotatable bonds is 2. The number of halogens is 3. The molecule has 0 aliphatic heterocycles. The molecule has 0 saturated heterocycles. The van der Waals surface area contributed by atoms with E-state index in [0.29, 0.717) is 15.2 Å². The molecule has 1 N–H and O–H groups in total. The van der Waals surface area contributed by atoms with Gasteiger partial charge in [-0.15, -0.1) is 11.3 Å². The molecule has 0 bridgehead atoms. The first-order valence-corrected chi connectivity index (χ1v) is 7.54. The standard InChI is InChI=1S/C11H8Br2ClNOS/c1-11(16,9-10(13)15-5-17-9)7-3-2-6(12)4-8(7)14/h2-5,16H,1H3. The van der Waals surface area contributed by atoms with E-state index < -0.39 is 5.60 Å². The predicted octanol–water partition coefficient (Wildman–Crippen LogP) is 4.58. The van der Waals surface area contributed by atoms with E-state index in [1.54, 1.807) is 24.6 Å². The van der Waals surface area contributed by atoms with Crippen LogP contribution in [0, 0.1) is 0 Å². The Morgan fingerprint density at radius 1 is 1.41 bits per heavy atom. The van der Waals surface area contributed by atoms with Gasteiger partial charge in [-0.2, -0.15) is 0 Å². The highest BCUT2D eigenvalue weighted by Gasteiger charge is 2.31. The summed E-state index contributed by atoms with van der Waals surface area (Å²) in [5, 5.41) is 11.2. The molecule has 90 valence electrons. The quantitative estimate of drug-likeness (QED) is 0.805. The Kier molecular flexibility index (Phi) is 3.95. The van der Waals surface area contributed by atoms with Crippen molar-refractivity contribution in [1.82, 2.24) is 4.98 Å². The minimum absolute atomic E-state index is 0.518. The Labute approximate surface area is 125 Å². The lowest BCUT2D eigenvalue weighted by Gasteiger charge is -2.24. The number of benzene rings is 1. The van der Waals surface area contributed by atoms with E-state index in [1.165, 1.54) is 11.3 Å². The number of aromatic nitrogens is 1. The largest absolute Gasteiger partial charge is 0.380 e. The predicted molar refractivity (Wildman–Crippen MR) is 77.6 cm³/mol. The number of nitrogens with zero attached hydrogens (tertiary/aromatic N) is 1. The first-order valence-electron chi connectivity index (χ1n) is 4.70. The average Bonchev–Trinajstić information content (AvgIpc) is 2.64. The normalized spacial score (nSPS) is 14.6. The minimum Gasteiger partial charge on any atom is -0.380 e. The van der Waals surface area contributed by atoms with Crippen molar-refractivity contribution in [3.05, 3.63) is 48.2 Å². The Morgan fingerprint density at radius 2 is 2.12 bits per heavy atom. The van der Waals surface area contributed by atoms with Gasteiger partial charge in [0, 0.05) is 15.1 Å².